The molecule has 0 radical (unpaired) electrons. The van der Waals surface area contributed by atoms with Crippen molar-refractivity contribution in [1.82, 2.24) is 0 Å². The van der Waals surface area contributed by atoms with Crippen LogP contribution >= 0.6 is 0 Å². The Hall–Kier alpha value is -0.762. The SMILES string of the molecule is CC[Si](CC)(CC)C(C(=O)O)(C(O)(C(=O)O)C(C(=O)O)([Si](CC)(CC)CC)[Si](CC)(CC)CC)[Si](CC)(CC)CC. The molecule has 4 N–H and O–H groups in total. The lowest BCUT2D eigenvalue weighted by Crippen LogP contribution is -2.86. The zero-order chi connectivity index (χ0) is 32.7. The van der Waals surface area contributed by atoms with Crippen molar-refractivity contribution in [3.05, 3.63) is 0 Å². The molecule has 0 aromatic carbocycles. The van der Waals surface area contributed by atoms with Gasteiger partial charge in [-0.25, -0.2) is 4.79 Å². The highest BCUT2D eigenvalue weighted by Crippen LogP contribution is 2.74. The molecule has 11 heteroatoms. The molecule has 0 heterocycles. The quantitative estimate of drug-likeness (QED) is 0.0917. The molecule has 0 aliphatic heterocycles. The number of hydrogen-bond donors (Lipinski definition) is 4. The van der Waals surface area contributed by atoms with Gasteiger partial charge in [0.2, 0.25) is 0 Å². The molecule has 242 valence electrons. The minimum Gasteiger partial charge on any atom is -0.481 e. The highest BCUT2D eigenvalue weighted by molar-refractivity contribution is 7.09. The monoisotopic (exact) mass is 648 g/mol. The van der Waals surface area contributed by atoms with Gasteiger partial charge in [0.15, 0.2) is 5.60 Å². The smallest absolute Gasteiger partial charge is 0.336 e. The largest absolute Gasteiger partial charge is 0.481 e. The Morgan fingerprint density at radius 3 is 0.610 bits per heavy atom. The maximum Gasteiger partial charge on any atom is 0.336 e. The Morgan fingerprint density at radius 1 is 0.390 bits per heavy atom. The summed E-state index contributed by atoms with van der Waals surface area (Å²) < 4.78 is -3.97. The van der Waals surface area contributed by atoms with Gasteiger partial charge in [-0.2, -0.15) is 0 Å². The van der Waals surface area contributed by atoms with E-state index in [2.05, 4.69) is 0 Å². The van der Waals surface area contributed by atoms with Crippen molar-refractivity contribution in [1.29, 1.82) is 0 Å². The maximum atomic E-state index is 14.6. The third kappa shape index (κ3) is 4.73. The van der Waals surface area contributed by atoms with E-state index in [1.54, 1.807) is 0 Å². The first-order valence-electron chi connectivity index (χ1n) is 16.5. The van der Waals surface area contributed by atoms with Crippen LogP contribution in [0.4, 0.5) is 0 Å². The van der Waals surface area contributed by atoms with E-state index in [9.17, 15) is 34.8 Å². The van der Waals surface area contributed by atoms with Gasteiger partial charge >= 0.3 is 17.9 Å². The Morgan fingerprint density at radius 2 is 0.537 bits per heavy atom. The molecular weight excluding hydrogens is 585 g/mol. The van der Waals surface area contributed by atoms with Crippen LogP contribution in [-0.2, 0) is 14.4 Å². The van der Waals surface area contributed by atoms with Crippen LogP contribution in [0.5, 0.6) is 0 Å². The lowest BCUT2D eigenvalue weighted by Gasteiger charge is -2.70. The molecule has 0 spiro atoms. The third-order valence-electron chi connectivity index (χ3n) is 13.3. The summed E-state index contributed by atoms with van der Waals surface area (Å²) in [6.45, 7) is 23.6. The summed E-state index contributed by atoms with van der Waals surface area (Å²) in [5.41, 5.74) is -2.91. The summed E-state index contributed by atoms with van der Waals surface area (Å²) in [4.78, 5) is 43.5. The molecule has 0 atom stereocenters. The molecule has 0 rings (SSSR count). The molecule has 0 saturated carbocycles. The van der Waals surface area contributed by atoms with Crippen LogP contribution < -0.4 is 0 Å². The van der Waals surface area contributed by atoms with Crippen LogP contribution in [0.3, 0.4) is 0 Å². The van der Waals surface area contributed by atoms with Gasteiger partial charge in [-0.05, 0) is 0 Å². The lowest BCUT2D eigenvalue weighted by atomic mass is 9.91. The van der Waals surface area contributed by atoms with Crippen LogP contribution in [0.25, 0.3) is 0 Å². The van der Waals surface area contributed by atoms with Crippen molar-refractivity contribution in [3.8, 4) is 0 Å². The normalized spacial score (nSPS) is 14.3. The molecule has 0 saturated heterocycles. The fourth-order valence-electron chi connectivity index (χ4n) is 10.7. The lowest BCUT2D eigenvalue weighted by molar-refractivity contribution is -0.177. The summed E-state index contributed by atoms with van der Waals surface area (Å²) in [6.07, 6.45) is 0. The summed E-state index contributed by atoms with van der Waals surface area (Å²) in [5, 5.41) is 49.4. The number of aliphatic hydroxyl groups is 1. The van der Waals surface area contributed by atoms with Crippen LogP contribution in [0, 0.1) is 0 Å². The van der Waals surface area contributed by atoms with E-state index in [0.717, 1.165) is 0 Å². The molecule has 0 fully saturated rings. The fourth-order valence-corrected chi connectivity index (χ4v) is 45.0. The van der Waals surface area contributed by atoms with Crippen molar-refractivity contribution >= 4 is 50.2 Å². The zero-order valence-electron chi connectivity index (χ0n) is 28.5. The first-order chi connectivity index (χ1) is 19.1. The number of rotatable bonds is 21. The number of hydrogen-bond acceptors (Lipinski definition) is 4. The molecule has 0 aliphatic rings. The average molecular weight is 649 g/mol. The molecule has 7 nitrogen and oxygen atoms in total. The number of aliphatic carboxylic acids is 3. The van der Waals surface area contributed by atoms with Crippen LogP contribution in [0.1, 0.15) is 83.1 Å². The van der Waals surface area contributed by atoms with Gasteiger partial charge in [0.1, 0.15) is 0 Å². The molecule has 0 unspecified atom stereocenters. The Labute approximate surface area is 255 Å². The van der Waals surface area contributed by atoms with Gasteiger partial charge in [0, 0.05) is 0 Å². The molecule has 0 aliphatic carbocycles. The highest BCUT2D eigenvalue weighted by Gasteiger charge is 2.88. The minimum atomic E-state index is -3.23. The number of carboxylic acid groups (broad SMARTS) is 3. The predicted octanol–water partition coefficient (Wildman–Crippen LogP) is 8.56. The van der Waals surface area contributed by atoms with Crippen LogP contribution in [-0.4, -0.2) is 76.2 Å². The van der Waals surface area contributed by atoms with Gasteiger partial charge in [-0.1, -0.05) is 156 Å². The van der Waals surface area contributed by atoms with Gasteiger partial charge in [-0.15, -0.1) is 0 Å². The summed E-state index contributed by atoms with van der Waals surface area (Å²) in [6, 6.07) is 5.88. The Bertz CT molecular complexity index is 756. The zero-order valence-corrected chi connectivity index (χ0v) is 32.5. The van der Waals surface area contributed by atoms with E-state index in [4.69, 9.17) is 0 Å². The summed E-state index contributed by atoms with van der Waals surface area (Å²) >= 11 is 0. The summed E-state index contributed by atoms with van der Waals surface area (Å²) in [5.74, 6) is -4.07. The third-order valence-corrected chi connectivity index (χ3v) is 44.6. The second-order valence-electron chi connectivity index (χ2n) is 12.5. The van der Waals surface area contributed by atoms with Crippen LogP contribution in [0.2, 0.25) is 81.9 Å². The average Bonchev–Trinajstić information content (AvgIpc) is 2.97. The van der Waals surface area contributed by atoms with E-state index < -0.39 is 65.1 Å². The second-order valence-corrected chi connectivity index (χ2v) is 35.2. The van der Waals surface area contributed by atoms with Crippen molar-refractivity contribution in [2.24, 2.45) is 0 Å². The van der Waals surface area contributed by atoms with E-state index in [-0.39, 0.29) is 0 Å². The molecule has 0 aromatic heterocycles. The van der Waals surface area contributed by atoms with Gasteiger partial charge in [-0.3, -0.25) is 9.59 Å². The molecule has 0 bridgehead atoms. The Kier molecular flexibility index (Phi) is 14.5. The van der Waals surface area contributed by atoms with E-state index >= 15 is 0 Å². The molecule has 0 amide bonds. The van der Waals surface area contributed by atoms with Gasteiger partial charge in [0.25, 0.3) is 0 Å². The minimum absolute atomic E-state index is 0.490. The standard InChI is InChI=1S/C30H64O7Si4/c1-13-38(14-2,15-3)29(26(33)34,39(16-4,17-5)18-6)28(37,25(31)32)30(27(35)36,40(19-7,20-8)21-9)41(22-10,23-11)24-12/h37H,13-24H2,1-12H3,(H,31,32)(H,33,34)(H,35,36). The van der Waals surface area contributed by atoms with E-state index in [1.165, 1.54) is 0 Å². The van der Waals surface area contributed by atoms with Gasteiger partial charge in [0.05, 0.1) is 41.6 Å². The number of carboxylic acids is 3. The molecule has 0 aromatic rings. The molecule has 41 heavy (non-hydrogen) atoms. The van der Waals surface area contributed by atoms with Crippen LogP contribution in [0.15, 0.2) is 0 Å². The maximum absolute atomic E-state index is 14.6. The van der Waals surface area contributed by atoms with Crippen molar-refractivity contribution in [2.45, 2.75) is 171 Å². The topological polar surface area (TPSA) is 132 Å². The van der Waals surface area contributed by atoms with Crippen molar-refractivity contribution in [3.63, 3.8) is 0 Å². The van der Waals surface area contributed by atoms with Crippen molar-refractivity contribution in [2.75, 3.05) is 0 Å². The molecular formula is C30H64O7Si4. The number of carbonyl (C=O) groups is 3. The van der Waals surface area contributed by atoms with E-state index in [1.807, 2.05) is 83.1 Å². The first-order valence-corrected chi connectivity index (χ1v) is 27.0. The summed E-state index contributed by atoms with van der Waals surface area (Å²) in [7, 11) is -12.9. The van der Waals surface area contributed by atoms with E-state index in [0.29, 0.717) is 72.5 Å². The highest BCUT2D eigenvalue weighted by atomic mass is 28.4. The second kappa shape index (κ2) is 14.8. The van der Waals surface area contributed by atoms with Crippen molar-refractivity contribution < 1.29 is 34.8 Å². The predicted molar refractivity (Wildman–Crippen MR) is 182 cm³/mol. The van der Waals surface area contributed by atoms with Gasteiger partial charge < -0.3 is 20.4 Å². The Balaban J connectivity index is 9.83. The first kappa shape index (κ1) is 40.2. The fraction of sp³-hybridized carbons (Fsp3) is 0.900.